The highest BCUT2D eigenvalue weighted by Gasteiger charge is 2.20. The number of fused-ring (bicyclic) bond motifs is 1. The van der Waals surface area contributed by atoms with Crippen LogP contribution in [0.25, 0.3) is 11.0 Å². The molecule has 0 aliphatic carbocycles. The van der Waals surface area contributed by atoms with E-state index in [9.17, 15) is 9.90 Å². The van der Waals surface area contributed by atoms with Gasteiger partial charge in [0.2, 0.25) is 5.76 Å². The van der Waals surface area contributed by atoms with E-state index in [-0.39, 0.29) is 17.8 Å². The van der Waals surface area contributed by atoms with E-state index in [0.717, 1.165) is 11.8 Å². The Morgan fingerprint density at radius 2 is 2.00 bits per heavy atom. The molecule has 0 spiro atoms. The zero-order chi connectivity index (χ0) is 14.8. The van der Waals surface area contributed by atoms with Crippen molar-refractivity contribution >= 4 is 16.9 Å². The lowest BCUT2D eigenvalue weighted by atomic mass is 9.93. The average Bonchev–Trinajstić information content (AvgIpc) is 2.72. The minimum absolute atomic E-state index is 0.0260. The summed E-state index contributed by atoms with van der Waals surface area (Å²) in [6, 6.07) is 7.30. The Bertz CT molecular complexity index is 604. The molecule has 1 heterocycles. The third-order valence-electron chi connectivity index (χ3n) is 3.14. The van der Waals surface area contributed by atoms with Crippen LogP contribution in [-0.2, 0) is 11.3 Å². The van der Waals surface area contributed by atoms with Crippen molar-refractivity contribution in [3.8, 4) is 0 Å². The van der Waals surface area contributed by atoms with Crippen molar-refractivity contribution in [2.75, 3.05) is 6.61 Å². The molecular weight excluding hydrogens is 256 g/mol. The second-order valence-corrected chi connectivity index (χ2v) is 6.07. The van der Waals surface area contributed by atoms with Crippen molar-refractivity contribution in [3.63, 3.8) is 0 Å². The maximum atomic E-state index is 11.2. The number of rotatable bonds is 5. The molecule has 0 unspecified atom stereocenters. The summed E-state index contributed by atoms with van der Waals surface area (Å²) in [5.74, 6) is -1.09. The molecule has 0 amide bonds. The van der Waals surface area contributed by atoms with E-state index in [4.69, 9.17) is 9.15 Å². The molecular formula is C16H20O4. The molecule has 0 fully saturated rings. The Morgan fingerprint density at radius 1 is 1.30 bits per heavy atom. The highest BCUT2D eigenvalue weighted by atomic mass is 16.5. The number of furan rings is 1. The Balaban J connectivity index is 2.15. The van der Waals surface area contributed by atoms with Crippen LogP contribution in [0.3, 0.4) is 0 Å². The van der Waals surface area contributed by atoms with Crippen molar-refractivity contribution in [2.45, 2.75) is 33.8 Å². The second-order valence-electron chi connectivity index (χ2n) is 6.07. The van der Waals surface area contributed by atoms with E-state index in [1.165, 1.54) is 0 Å². The van der Waals surface area contributed by atoms with Gasteiger partial charge in [0.15, 0.2) is 0 Å². The summed E-state index contributed by atoms with van der Waals surface area (Å²) in [7, 11) is 0. The van der Waals surface area contributed by atoms with Crippen LogP contribution in [0, 0.1) is 5.41 Å². The summed E-state index contributed by atoms with van der Waals surface area (Å²) >= 11 is 0. The number of hydrogen-bond acceptors (Lipinski definition) is 3. The summed E-state index contributed by atoms with van der Waals surface area (Å²) < 4.78 is 11.0. The number of carbonyl (C=O) groups is 1. The van der Waals surface area contributed by atoms with Crippen LogP contribution in [-0.4, -0.2) is 17.7 Å². The number of carboxylic acid groups (broad SMARTS) is 1. The van der Waals surface area contributed by atoms with Crippen LogP contribution in [0.5, 0.6) is 0 Å². The molecule has 0 aliphatic rings. The summed E-state index contributed by atoms with van der Waals surface area (Å²) in [4.78, 5) is 11.2. The van der Waals surface area contributed by atoms with Gasteiger partial charge in [-0.15, -0.1) is 0 Å². The van der Waals surface area contributed by atoms with Gasteiger partial charge in [0.05, 0.1) is 6.61 Å². The predicted octanol–water partition coefficient (Wildman–Crippen LogP) is 4.08. The third-order valence-corrected chi connectivity index (χ3v) is 3.14. The van der Waals surface area contributed by atoms with Crippen LogP contribution >= 0.6 is 0 Å². The molecule has 2 aromatic rings. The van der Waals surface area contributed by atoms with Gasteiger partial charge in [0.25, 0.3) is 0 Å². The molecule has 0 bridgehead atoms. The molecule has 0 radical (unpaired) electrons. The van der Waals surface area contributed by atoms with Crippen molar-refractivity contribution < 1.29 is 19.1 Å². The topological polar surface area (TPSA) is 59.7 Å². The highest BCUT2D eigenvalue weighted by molar-refractivity contribution is 5.94. The van der Waals surface area contributed by atoms with Gasteiger partial charge >= 0.3 is 5.97 Å². The first-order chi connectivity index (χ1) is 9.38. The minimum Gasteiger partial charge on any atom is -0.475 e. The largest absolute Gasteiger partial charge is 0.475 e. The van der Waals surface area contributed by atoms with Crippen molar-refractivity contribution in [2.24, 2.45) is 5.41 Å². The number of ether oxygens (including phenoxy) is 1. The molecule has 0 saturated carbocycles. The van der Waals surface area contributed by atoms with E-state index in [1.54, 1.807) is 6.07 Å². The van der Waals surface area contributed by atoms with E-state index < -0.39 is 5.97 Å². The standard InChI is InChI=1S/C16H20O4/c1-16(2,3)8-9-19-10-12-11-6-4-5-7-13(11)20-14(12)15(17)18/h4-7H,8-10H2,1-3H3,(H,17,18). The maximum Gasteiger partial charge on any atom is 0.372 e. The fourth-order valence-electron chi connectivity index (χ4n) is 1.97. The molecule has 0 atom stereocenters. The molecule has 4 nitrogen and oxygen atoms in total. The number of carboxylic acids is 1. The Kier molecular flexibility index (Phi) is 4.14. The number of benzene rings is 1. The lowest BCUT2D eigenvalue weighted by Gasteiger charge is -2.17. The first-order valence-electron chi connectivity index (χ1n) is 6.70. The fourth-order valence-corrected chi connectivity index (χ4v) is 1.97. The van der Waals surface area contributed by atoms with Gasteiger partial charge in [0, 0.05) is 17.6 Å². The summed E-state index contributed by atoms with van der Waals surface area (Å²) in [6.07, 6.45) is 0.922. The predicted molar refractivity (Wildman–Crippen MR) is 76.9 cm³/mol. The fraction of sp³-hybridized carbons (Fsp3) is 0.438. The van der Waals surface area contributed by atoms with E-state index in [1.807, 2.05) is 18.2 Å². The molecule has 108 valence electrons. The van der Waals surface area contributed by atoms with Gasteiger partial charge in [-0.2, -0.15) is 0 Å². The van der Waals surface area contributed by atoms with Gasteiger partial charge in [-0.25, -0.2) is 4.79 Å². The lowest BCUT2D eigenvalue weighted by Crippen LogP contribution is -2.10. The third kappa shape index (κ3) is 3.39. The van der Waals surface area contributed by atoms with Gasteiger partial charge < -0.3 is 14.3 Å². The maximum absolute atomic E-state index is 11.2. The normalized spacial score (nSPS) is 11.9. The van der Waals surface area contributed by atoms with Gasteiger partial charge in [-0.05, 0) is 17.9 Å². The minimum atomic E-state index is -1.06. The Morgan fingerprint density at radius 3 is 2.65 bits per heavy atom. The highest BCUT2D eigenvalue weighted by Crippen LogP contribution is 2.27. The summed E-state index contributed by atoms with van der Waals surface area (Å²) in [5, 5.41) is 10.0. The smallest absolute Gasteiger partial charge is 0.372 e. The van der Waals surface area contributed by atoms with E-state index in [0.29, 0.717) is 17.8 Å². The average molecular weight is 276 g/mol. The molecule has 1 aromatic carbocycles. The molecule has 2 rings (SSSR count). The quantitative estimate of drug-likeness (QED) is 0.836. The van der Waals surface area contributed by atoms with Gasteiger partial charge in [-0.1, -0.05) is 39.0 Å². The van der Waals surface area contributed by atoms with Crippen molar-refractivity contribution in [1.82, 2.24) is 0 Å². The number of hydrogen-bond donors (Lipinski definition) is 1. The first-order valence-corrected chi connectivity index (χ1v) is 6.70. The monoisotopic (exact) mass is 276 g/mol. The second kappa shape index (κ2) is 5.67. The SMILES string of the molecule is CC(C)(C)CCOCc1c(C(=O)O)oc2ccccc12. The summed E-state index contributed by atoms with van der Waals surface area (Å²) in [5.41, 5.74) is 1.40. The molecule has 0 saturated heterocycles. The van der Waals surface area contributed by atoms with Gasteiger partial charge in [0.1, 0.15) is 5.58 Å². The van der Waals surface area contributed by atoms with Crippen molar-refractivity contribution in [1.29, 1.82) is 0 Å². The first kappa shape index (κ1) is 14.6. The molecule has 1 aromatic heterocycles. The lowest BCUT2D eigenvalue weighted by molar-refractivity contribution is 0.0646. The van der Waals surface area contributed by atoms with Crippen LogP contribution in [0.1, 0.15) is 43.3 Å². The Hall–Kier alpha value is -1.81. The molecule has 0 aliphatic heterocycles. The Labute approximate surface area is 118 Å². The molecule has 4 heteroatoms. The molecule has 1 N–H and O–H groups in total. The van der Waals surface area contributed by atoms with E-state index in [2.05, 4.69) is 20.8 Å². The van der Waals surface area contributed by atoms with Gasteiger partial charge in [-0.3, -0.25) is 0 Å². The summed E-state index contributed by atoms with van der Waals surface area (Å²) in [6.45, 7) is 7.29. The zero-order valence-electron chi connectivity index (χ0n) is 12.1. The zero-order valence-corrected chi connectivity index (χ0v) is 12.1. The van der Waals surface area contributed by atoms with Crippen molar-refractivity contribution in [3.05, 3.63) is 35.6 Å². The van der Waals surface area contributed by atoms with Crippen LogP contribution < -0.4 is 0 Å². The van der Waals surface area contributed by atoms with Crippen LogP contribution in [0.15, 0.2) is 28.7 Å². The van der Waals surface area contributed by atoms with E-state index >= 15 is 0 Å². The van der Waals surface area contributed by atoms with Crippen LogP contribution in [0.2, 0.25) is 0 Å². The van der Waals surface area contributed by atoms with Crippen LogP contribution in [0.4, 0.5) is 0 Å². The number of aromatic carboxylic acids is 1. The molecule has 20 heavy (non-hydrogen) atoms. The number of para-hydroxylation sites is 1.